The SMILES string of the molecule is CCOC(=O)C(C#N)=C(C)c1cccc(Oc2ccccc2)c1. The molecule has 0 unspecified atom stereocenters. The molecule has 0 fully saturated rings. The molecule has 0 saturated heterocycles. The fraction of sp³-hybridized carbons (Fsp3) is 0.158. The zero-order valence-corrected chi connectivity index (χ0v) is 13.1. The molecular formula is C19H17NO3. The van der Waals surface area contributed by atoms with Crippen molar-refractivity contribution in [1.82, 2.24) is 0 Å². The Bertz CT molecular complexity index is 758. The molecule has 0 bridgehead atoms. The average molecular weight is 307 g/mol. The lowest BCUT2D eigenvalue weighted by Crippen LogP contribution is -2.08. The average Bonchev–Trinajstić information content (AvgIpc) is 2.57. The summed E-state index contributed by atoms with van der Waals surface area (Å²) in [6.45, 7) is 3.65. The van der Waals surface area contributed by atoms with Crippen molar-refractivity contribution in [1.29, 1.82) is 5.26 Å². The van der Waals surface area contributed by atoms with Crippen LogP contribution in [0.25, 0.3) is 5.57 Å². The normalized spacial score (nSPS) is 11.2. The number of para-hydroxylation sites is 1. The van der Waals surface area contributed by atoms with Gasteiger partial charge in [0.1, 0.15) is 23.1 Å². The first-order valence-electron chi connectivity index (χ1n) is 7.27. The molecule has 0 spiro atoms. The number of benzene rings is 2. The molecule has 0 aliphatic heterocycles. The third-order valence-corrected chi connectivity index (χ3v) is 3.21. The summed E-state index contributed by atoms with van der Waals surface area (Å²) in [5.41, 5.74) is 1.30. The standard InChI is InChI=1S/C19H17NO3/c1-3-22-19(21)18(13-20)14(2)15-8-7-11-17(12-15)23-16-9-5-4-6-10-16/h4-12H,3H2,1-2H3. The van der Waals surface area contributed by atoms with Crippen molar-refractivity contribution in [3.05, 3.63) is 65.7 Å². The molecule has 2 rings (SSSR count). The van der Waals surface area contributed by atoms with E-state index in [0.29, 0.717) is 11.3 Å². The maximum Gasteiger partial charge on any atom is 0.349 e. The van der Waals surface area contributed by atoms with Crippen LogP contribution in [0.5, 0.6) is 11.5 Å². The van der Waals surface area contributed by atoms with Gasteiger partial charge < -0.3 is 9.47 Å². The fourth-order valence-corrected chi connectivity index (χ4v) is 2.05. The number of carbonyl (C=O) groups excluding carboxylic acids is 1. The molecule has 0 heterocycles. The zero-order chi connectivity index (χ0) is 16.7. The molecule has 0 aromatic heterocycles. The Morgan fingerprint density at radius 3 is 2.43 bits per heavy atom. The van der Waals surface area contributed by atoms with Crippen LogP contribution in [0.2, 0.25) is 0 Å². The fourth-order valence-electron chi connectivity index (χ4n) is 2.05. The van der Waals surface area contributed by atoms with Crippen molar-refractivity contribution in [3.8, 4) is 17.6 Å². The molecule has 2 aromatic rings. The molecule has 0 saturated carbocycles. The van der Waals surface area contributed by atoms with Gasteiger partial charge in [-0.15, -0.1) is 0 Å². The van der Waals surface area contributed by atoms with E-state index >= 15 is 0 Å². The highest BCUT2D eigenvalue weighted by molar-refractivity contribution is 6.01. The molecule has 4 heteroatoms. The lowest BCUT2D eigenvalue weighted by atomic mass is 10.0. The molecule has 116 valence electrons. The minimum atomic E-state index is -0.609. The van der Waals surface area contributed by atoms with E-state index in [-0.39, 0.29) is 12.2 Å². The number of hydrogen-bond donors (Lipinski definition) is 0. The quantitative estimate of drug-likeness (QED) is 0.468. The summed E-state index contributed by atoms with van der Waals surface area (Å²) in [5.74, 6) is 0.744. The first-order chi connectivity index (χ1) is 11.2. The number of rotatable bonds is 5. The zero-order valence-electron chi connectivity index (χ0n) is 13.1. The van der Waals surface area contributed by atoms with E-state index in [0.717, 1.165) is 11.3 Å². The van der Waals surface area contributed by atoms with Gasteiger partial charge in [-0.3, -0.25) is 0 Å². The predicted octanol–water partition coefficient (Wildman–Crippen LogP) is 4.34. The van der Waals surface area contributed by atoms with E-state index in [2.05, 4.69) is 0 Å². The second kappa shape index (κ2) is 7.81. The Kier molecular flexibility index (Phi) is 5.54. The highest BCUT2D eigenvalue weighted by Crippen LogP contribution is 2.26. The van der Waals surface area contributed by atoms with Crippen molar-refractivity contribution >= 4 is 11.5 Å². The maximum absolute atomic E-state index is 11.8. The van der Waals surface area contributed by atoms with E-state index in [1.165, 1.54) is 0 Å². The Labute approximate surface area is 135 Å². The summed E-state index contributed by atoms with van der Waals surface area (Å²) in [5, 5.41) is 9.22. The van der Waals surface area contributed by atoms with Gasteiger partial charge in [0.05, 0.1) is 6.61 Å². The predicted molar refractivity (Wildman–Crippen MR) is 87.8 cm³/mol. The van der Waals surface area contributed by atoms with Crippen LogP contribution in [0, 0.1) is 11.3 Å². The molecule has 0 aliphatic carbocycles. The Hall–Kier alpha value is -3.06. The van der Waals surface area contributed by atoms with Gasteiger partial charge in [-0.1, -0.05) is 30.3 Å². The van der Waals surface area contributed by atoms with Crippen molar-refractivity contribution < 1.29 is 14.3 Å². The van der Waals surface area contributed by atoms with Crippen LogP contribution in [-0.4, -0.2) is 12.6 Å². The lowest BCUT2D eigenvalue weighted by molar-refractivity contribution is -0.137. The van der Waals surface area contributed by atoms with Gasteiger partial charge in [0.25, 0.3) is 0 Å². The molecule has 0 amide bonds. The second-order valence-electron chi connectivity index (χ2n) is 4.78. The number of nitriles is 1. The third kappa shape index (κ3) is 4.21. The summed E-state index contributed by atoms with van der Waals surface area (Å²) in [7, 11) is 0. The molecule has 0 atom stereocenters. The summed E-state index contributed by atoms with van der Waals surface area (Å²) >= 11 is 0. The van der Waals surface area contributed by atoms with Crippen LogP contribution in [0.4, 0.5) is 0 Å². The van der Waals surface area contributed by atoms with Gasteiger partial charge in [0.2, 0.25) is 0 Å². The largest absolute Gasteiger partial charge is 0.462 e. The highest BCUT2D eigenvalue weighted by Gasteiger charge is 2.15. The van der Waals surface area contributed by atoms with E-state index in [1.807, 2.05) is 54.6 Å². The number of carbonyl (C=O) groups is 1. The van der Waals surface area contributed by atoms with E-state index in [1.54, 1.807) is 19.9 Å². The van der Waals surface area contributed by atoms with Crippen LogP contribution < -0.4 is 4.74 Å². The molecule has 0 aliphatic rings. The van der Waals surface area contributed by atoms with E-state index in [9.17, 15) is 10.1 Å². The molecule has 0 N–H and O–H groups in total. The third-order valence-electron chi connectivity index (χ3n) is 3.21. The Morgan fingerprint density at radius 1 is 1.09 bits per heavy atom. The van der Waals surface area contributed by atoms with Crippen LogP contribution in [0.15, 0.2) is 60.2 Å². The van der Waals surface area contributed by atoms with E-state index < -0.39 is 5.97 Å². The van der Waals surface area contributed by atoms with Crippen LogP contribution >= 0.6 is 0 Å². The molecule has 0 radical (unpaired) electrons. The summed E-state index contributed by atoms with van der Waals surface area (Å²) < 4.78 is 10.7. The summed E-state index contributed by atoms with van der Waals surface area (Å²) in [4.78, 5) is 11.8. The second-order valence-corrected chi connectivity index (χ2v) is 4.78. The first kappa shape index (κ1) is 16.3. The van der Waals surface area contributed by atoms with Gasteiger partial charge in [0.15, 0.2) is 0 Å². The monoisotopic (exact) mass is 307 g/mol. The minimum Gasteiger partial charge on any atom is -0.462 e. The van der Waals surface area contributed by atoms with Gasteiger partial charge in [-0.05, 0) is 49.2 Å². The topological polar surface area (TPSA) is 59.3 Å². The number of esters is 1. The number of ether oxygens (including phenoxy) is 2. The maximum atomic E-state index is 11.8. The van der Waals surface area contributed by atoms with Gasteiger partial charge >= 0.3 is 5.97 Å². The van der Waals surface area contributed by atoms with Crippen LogP contribution in [0.1, 0.15) is 19.4 Å². The molecule has 23 heavy (non-hydrogen) atoms. The minimum absolute atomic E-state index is 0.00344. The molecule has 4 nitrogen and oxygen atoms in total. The smallest absolute Gasteiger partial charge is 0.349 e. The van der Waals surface area contributed by atoms with Crippen molar-refractivity contribution in [2.45, 2.75) is 13.8 Å². The van der Waals surface area contributed by atoms with E-state index in [4.69, 9.17) is 9.47 Å². The Balaban J connectivity index is 2.31. The number of nitrogens with zero attached hydrogens (tertiary/aromatic N) is 1. The lowest BCUT2D eigenvalue weighted by Gasteiger charge is -2.09. The number of hydrogen-bond acceptors (Lipinski definition) is 4. The molecule has 2 aromatic carbocycles. The van der Waals surface area contributed by atoms with Crippen molar-refractivity contribution in [2.24, 2.45) is 0 Å². The highest BCUT2D eigenvalue weighted by atomic mass is 16.5. The first-order valence-corrected chi connectivity index (χ1v) is 7.27. The van der Waals surface area contributed by atoms with Gasteiger partial charge in [-0.25, -0.2) is 4.79 Å². The van der Waals surface area contributed by atoms with Crippen LogP contribution in [-0.2, 0) is 9.53 Å². The van der Waals surface area contributed by atoms with Crippen molar-refractivity contribution in [2.75, 3.05) is 6.61 Å². The van der Waals surface area contributed by atoms with Crippen molar-refractivity contribution in [3.63, 3.8) is 0 Å². The van der Waals surface area contributed by atoms with Gasteiger partial charge in [0, 0.05) is 0 Å². The van der Waals surface area contributed by atoms with Crippen LogP contribution in [0.3, 0.4) is 0 Å². The number of allylic oxidation sites excluding steroid dienone is 1. The summed E-state index contributed by atoms with van der Waals surface area (Å²) in [6, 6.07) is 18.6. The Morgan fingerprint density at radius 2 is 1.78 bits per heavy atom. The molecular weight excluding hydrogens is 290 g/mol. The summed E-state index contributed by atoms with van der Waals surface area (Å²) in [6.07, 6.45) is 0. The van der Waals surface area contributed by atoms with Gasteiger partial charge in [-0.2, -0.15) is 5.26 Å².